The van der Waals surface area contributed by atoms with Gasteiger partial charge in [-0.1, -0.05) is 0 Å². The molecule has 0 saturated carbocycles. The third-order valence-corrected chi connectivity index (χ3v) is 5.95. The molecule has 0 bridgehead atoms. The molecule has 1 aliphatic heterocycles. The predicted molar refractivity (Wildman–Crippen MR) is 119 cm³/mol. The van der Waals surface area contributed by atoms with E-state index in [1.807, 2.05) is 0 Å². The van der Waals surface area contributed by atoms with Crippen LogP contribution >= 0.6 is 11.3 Å². The van der Waals surface area contributed by atoms with Crippen LogP contribution in [0.3, 0.4) is 0 Å². The molecule has 7 nitrogen and oxygen atoms in total. The summed E-state index contributed by atoms with van der Waals surface area (Å²) in [5, 5.41) is 1.48. The number of anilines is 3. The fourth-order valence-corrected chi connectivity index (χ4v) is 4.07. The summed E-state index contributed by atoms with van der Waals surface area (Å²) in [5.74, 6) is -1.77. The molecule has 0 N–H and O–H groups in total. The maximum absolute atomic E-state index is 14.0. The number of nitrogens with zero attached hydrogens (tertiary/aromatic N) is 4. The second-order valence-corrected chi connectivity index (χ2v) is 8.42. The van der Waals surface area contributed by atoms with E-state index in [-0.39, 0.29) is 30.7 Å². The van der Waals surface area contributed by atoms with E-state index in [1.54, 1.807) is 0 Å². The third-order valence-electron chi connectivity index (χ3n) is 5.37. The minimum Gasteiger partial charge on any atom is -0.407 e. The molecule has 1 saturated heterocycles. The summed E-state index contributed by atoms with van der Waals surface area (Å²) < 4.78 is 101. The highest BCUT2D eigenvalue weighted by molar-refractivity contribution is 7.07. The Hall–Kier alpha value is -3.88. The zero-order valence-electron chi connectivity index (χ0n) is 18.6. The number of thiazole rings is 1. The molecular weight excluding hydrogens is 533 g/mol. The van der Waals surface area contributed by atoms with Crippen molar-refractivity contribution in [1.29, 1.82) is 0 Å². The number of hydrogen-bond donors (Lipinski definition) is 0. The van der Waals surface area contributed by atoms with Crippen LogP contribution in [0.1, 0.15) is 11.1 Å². The molecule has 37 heavy (non-hydrogen) atoms. The predicted octanol–water partition coefficient (Wildman–Crippen LogP) is 6.40. The van der Waals surface area contributed by atoms with Gasteiger partial charge < -0.3 is 4.74 Å². The van der Waals surface area contributed by atoms with Crippen molar-refractivity contribution < 1.29 is 45.1 Å². The number of benzene rings is 2. The van der Waals surface area contributed by atoms with E-state index < -0.39 is 52.9 Å². The van der Waals surface area contributed by atoms with Gasteiger partial charge in [0, 0.05) is 31.2 Å². The molecule has 3 amide bonds. The first kappa shape index (κ1) is 26.2. The van der Waals surface area contributed by atoms with Crippen LogP contribution in [0, 0.1) is 5.82 Å². The molecule has 2 aromatic carbocycles. The first-order chi connectivity index (χ1) is 17.3. The second-order valence-electron chi connectivity index (χ2n) is 7.70. The molecule has 4 rings (SSSR count). The van der Waals surface area contributed by atoms with Crippen LogP contribution in [0.2, 0.25) is 0 Å². The summed E-state index contributed by atoms with van der Waals surface area (Å²) in [7, 11) is 1.11. The van der Waals surface area contributed by atoms with Crippen molar-refractivity contribution in [3.05, 3.63) is 64.2 Å². The SMILES string of the molecule is CN(C(=O)Oc1c(N2CCN(c3cscn3)C2=O)cc(C(F)(F)F)cc1C(F)(F)F)c1ccc(F)cc1. The Labute approximate surface area is 208 Å². The molecule has 0 unspecified atom stereocenters. The Morgan fingerprint density at radius 2 is 1.68 bits per heavy atom. The van der Waals surface area contributed by atoms with Crippen molar-refractivity contribution >= 4 is 40.7 Å². The summed E-state index contributed by atoms with van der Waals surface area (Å²) in [4.78, 5) is 32.2. The maximum Gasteiger partial charge on any atom is 0.420 e. The zero-order valence-corrected chi connectivity index (χ0v) is 19.4. The van der Waals surface area contributed by atoms with Gasteiger partial charge in [0.1, 0.15) is 17.2 Å². The number of amides is 3. The molecule has 0 aliphatic carbocycles. The Kier molecular flexibility index (Phi) is 6.75. The fourth-order valence-electron chi connectivity index (χ4n) is 3.53. The van der Waals surface area contributed by atoms with Crippen LogP contribution in [0.4, 0.5) is 57.5 Å². The standard InChI is InChI=1S/C22H15F7N4O3S/c1-31(14-4-2-13(23)3-5-14)20(35)36-18-15(22(27,28)29)8-12(21(24,25)26)9-16(18)32-6-7-33(19(32)34)17-10-37-11-30-17/h2-5,8-11H,6-7H2,1H3. The van der Waals surface area contributed by atoms with E-state index in [0.29, 0.717) is 11.0 Å². The highest BCUT2D eigenvalue weighted by atomic mass is 32.1. The Bertz CT molecular complexity index is 1310. The van der Waals surface area contributed by atoms with Gasteiger partial charge in [-0.15, -0.1) is 11.3 Å². The minimum absolute atomic E-state index is 0.0281. The molecular formula is C22H15F7N4O3S. The number of urea groups is 1. The molecule has 0 radical (unpaired) electrons. The van der Waals surface area contributed by atoms with Crippen molar-refractivity contribution in [2.45, 2.75) is 12.4 Å². The second kappa shape index (κ2) is 9.53. The third kappa shape index (κ3) is 5.30. The topological polar surface area (TPSA) is 66.0 Å². The average Bonchev–Trinajstić information content (AvgIpc) is 3.47. The van der Waals surface area contributed by atoms with Crippen LogP contribution in [-0.2, 0) is 12.4 Å². The summed E-state index contributed by atoms with van der Waals surface area (Å²) in [6.45, 7) is -0.406. The largest absolute Gasteiger partial charge is 0.420 e. The van der Waals surface area contributed by atoms with Gasteiger partial charge in [0.25, 0.3) is 0 Å². The molecule has 3 aromatic rings. The molecule has 1 aliphatic rings. The van der Waals surface area contributed by atoms with Crippen LogP contribution in [0.5, 0.6) is 5.75 Å². The van der Waals surface area contributed by atoms with Crippen molar-refractivity contribution in [3.8, 4) is 5.75 Å². The van der Waals surface area contributed by atoms with Gasteiger partial charge in [-0.3, -0.25) is 14.7 Å². The van der Waals surface area contributed by atoms with E-state index in [1.165, 1.54) is 10.9 Å². The lowest BCUT2D eigenvalue weighted by atomic mass is 10.1. The van der Waals surface area contributed by atoms with Crippen LogP contribution < -0.4 is 19.4 Å². The molecule has 15 heteroatoms. The van der Waals surface area contributed by atoms with Crippen molar-refractivity contribution in [1.82, 2.24) is 4.98 Å². The van der Waals surface area contributed by atoms with E-state index in [2.05, 4.69) is 4.98 Å². The molecule has 196 valence electrons. The normalized spacial score (nSPS) is 14.3. The van der Waals surface area contributed by atoms with Gasteiger partial charge in [0.2, 0.25) is 0 Å². The lowest BCUT2D eigenvalue weighted by Gasteiger charge is -2.25. The lowest BCUT2D eigenvalue weighted by molar-refractivity contribution is -0.143. The summed E-state index contributed by atoms with van der Waals surface area (Å²) in [5.41, 5.74) is -3.07. The van der Waals surface area contributed by atoms with Crippen LogP contribution in [0.15, 0.2) is 47.3 Å². The number of halogens is 7. The smallest absolute Gasteiger partial charge is 0.407 e. The summed E-state index contributed by atoms with van der Waals surface area (Å²) in [6, 6.07) is 3.43. The first-order valence-electron chi connectivity index (χ1n) is 10.3. The highest BCUT2D eigenvalue weighted by Crippen LogP contribution is 2.47. The van der Waals surface area contributed by atoms with E-state index >= 15 is 0 Å². The number of carbonyl (C=O) groups excluding carboxylic acids is 2. The van der Waals surface area contributed by atoms with Gasteiger partial charge in [0.05, 0.1) is 16.8 Å². The fraction of sp³-hybridized carbons (Fsp3) is 0.227. The van der Waals surface area contributed by atoms with E-state index in [0.717, 1.165) is 52.4 Å². The zero-order chi connectivity index (χ0) is 27.1. The van der Waals surface area contributed by atoms with E-state index in [9.17, 15) is 40.3 Å². The molecule has 0 spiro atoms. The summed E-state index contributed by atoms with van der Waals surface area (Å²) in [6.07, 6.45) is -12.0. The Morgan fingerprint density at radius 3 is 2.24 bits per heavy atom. The number of ether oxygens (including phenoxy) is 1. The van der Waals surface area contributed by atoms with Crippen molar-refractivity contribution in [2.24, 2.45) is 0 Å². The first-order valence-corrected chi connectivity index (χ1v) is 11.2. The van der Waals surface area contributed by atoms with Crippen molar-refractivity contribution in [2.75, 3.05) is 34.8 Å². The highest BCUT2D eigenvalue weighted by Gasteiger charge is 2.44. The number of alkyl halides is 6. The Balaban J connectivity index is 1.81. The van der Waals surface area contributed by atoms with Gasteiger partial charge in [0.15, 0.2) is 5.75 Å². The molecule has 1 aromatic heterocycles. The minimum atomic E-state index is -5.39. The number of rotatable bonds is 4. The molecule has 1 fully saturated rings. The Morgan fingerprint density at radius 1 is 1.03 bits per heavy atom. The van der Waals surface area contributed by atoms with Crippen molar-refractivity contribution in [3.63, 3.8) is 0 Å². The quantitative estimate of drug-likeness (QED) is 0.354. The number of carbonyl (C=O) groups is 2. The van der Waals surface area contributed by atoms with Crippen LogP contribution in [0.25, 0.3) is 0 Å². The average molecular weight is 548 g/mol. The monoisotopic (exact) mass is 548 g/mol. The van der Waals surface area contributed by atoms with Gasteiger partial charge in [-0.05, 0) is 36.4 Å². The molecule has 2 heterocycles. The number of hydrogen-bond acceptors (Lipinski definition) is 5. The van der Waals surface area contributed by atoms with Gasteiger partial charge in [-0.2, -0.15) is 26.3 Å². The van der Waals surface area contributed by atoms with Crippen LogP contribution in [-0.4, -0.2) is 37.2 Å². The number of aromatic nitrogens is 1. The maximum atomic E-state index is 14.0. The lowest BCUT2D eigenvalue weighted by Crippen LogP contribution is -2.34. The van der Waals surface area contributed by atoms with Gasteiger partial charge in [-0.25, -0.2) is 19.0 Å². The molecule has 0 atom stereocenters. The van der Waals surface area contributed by atoms with E-state index in [4.69, 9.17) is 4.74 Å². The summed E-state index contributed by atoms with van der Waals surface area (Å²) >= 11 is 1.13. The van der Waals surface area contributed by atoms with Gasteiger partial charge >= 0.3 is 24.5 Å².